The van der Waals surface area contributed by atoms with E-state index in [1.54, 1.807) is 24.3 Å². The summed E-state index contributed by atoms with van der Waals surface area (Å²) in [6.45, 7) is 7.36. The van der Waals surface area contributed by atoms with Gasteiger partial charge in [0.05, 0.1) is 6.54 Å². The normalized spacial score (nSPS) is 9.33. The van der Waals surface area contributed by atoms with Crippen molar-refractivity contribution in [2.75, 3.05) is 11.4 Å². The molecular weight excluding hydrogens is 246 g/mol. The molecule has 2 nitrogen and oxygen atoms in total. The van der Waals surface area contributed by atoms with Crippen molar-refractivity contribution in [1.29, 1.82) is 0 Å². The number of carbonyl (C=O) groups is 1. The monoisotopic (exact) mass is 259 g/mol. The maximum absolute atomic E-state index is 11.8. The second-order valence-corrected chi connectivity index (χ2v) is 4.03. The van der Waals surface area contributed by atoms with Gasteiger partial charge in [0.2, 0.25) is 0 Å². The van der Waals surface area contributed by atoms with Crippen molar-refractivity contribution >= 4 is 23.2 Å². The van der Waals surface area contributed by atoms with Gasteiger partial charge in [0.25, 0.3) is 5.91 Å². The summed E-state index contributed by atoms with van der Waals surface area (Å²) >= 11 is 5.95. The number of rotatable bonds is 5. The lowest BCUT2D eigenvalue weighted by Crippen LogP contribution is -2.30. The predicted octanol–water partition coefficient (Wildman–Crippen LogP) is 3.22. The van der Waals surface area contributed by atoms with Crippen LogP contribution in [0.2, 0.25) is 5.02 Å². The molecule has 0 unspecified atom stereocenters. The molecule has 1 aromatic rings. The fourth-order valence-corrected chi connectivity index (χ4v) is 1.81. The van der Waals surface area contributed by atoms with E-state index >= 15 is 0 Å². The van der Waals surface area contributed by atoms with Gasteiger partial charge in [-0.1, -0.05) is 30.2 Å². The first kappa shape index (κ1) is 14.1. The van der Waals surface area contributed by atoms with Crippen molar-refractivity contribution in [2.24, 2.45) is 0 Å². The van der Waals surface area contributed by atoms with E-state index in [4.69, 9.17) is 18.0 Å². The van der Waals surface area contributed by atoms with E-state index in [1.165, 1.54) is 11.0 Å². The highest BCUT2D eigenvalue weighted by Gasteiger charge is 2.15. The fourth-order valence-electron chi connectivity index (χ4n) is 1.62. The van der Waals surface area contributed by atoms with Crippen molar-refractivity contribution in [1.82, 2.24) is 0 Å². The van der Waals surface area contributed by atoms with Gasteiger partial charge in [-0.05, 0) is 36.3 Å². The summed E-state index contributed by atoms with van der Waals surface area (Å²) in [5.41, 5.74) is 1.64. The third-order valence-electron chi connectivity index (χ3n) is 2.39. The smallest absolute Gasteiger partial charge is 0.251 e. The molecule has 18 heavy (non-hydrogen) atoms. The molecule has 0 aliphatic rings. The van der Waals surface area contributed by atoms with Crippen LogP contribution >= 0.6 is 11.6 Å². The van der Waals surface area contributed by atoms with E-state index in [1.807, 2.05) is 0 Å². The fraction of sp³-hybridized carbons (Fsp3) is 0.133. The highest BCUT2D eigenvalue weighted by molar-refractivity contribution is 6.30. The minimum Gasteiger partial charge on any atom is -0.297 e. The van der Waals surface area contributed by atoms with Crippen LogP contribution in [0.4, 0.5) is 5.69 Å². The molecule has 92 valence electrons. The molecule has 0 N–H and O–H groups in total. The summed E-state index contributed by atoms with van der Waals surface area (Å²) in [5, 5.41) is 0.613. The van der Waals surface area contributed by atoms with Crippen LogP contribution in [-0.2, 0) is 11.2 Å². The van der Waals surface area contributed by atoms with Gasteiger partial charge in [-0.3, -0.25) is 9.69 Å². The molecule has 0 aliphatic heterocycles. The van der Waals surface area contributed by atoms with Crippen LogP contribution < -0.4 is 4.90 Å². The molecule has 0 spiro atoms. The molecule has 0 radical (unpaired) electrons. The number of halogens is 1. The standard InChI is InChI=1S/C15H14ClNO/c1-4-7-12-11-13(16)8-9-14(12)17(10-5-2)15(18)6-3/h2,4,6,8-9,11H,1,3,7,10H2. The molecule has 1 aromatic carbocycles. The Morgan fingerprint density at radius 1 is 1.50 bits per heavy atom. The van der Waals surface area contributed by atoms with Crippen LogP contribution in [0.3, 0.4) is 0 Å². The van der Waals surface area contributed by atoms with Crippen LogP contribution in [0.5, 0.6) is 0 Å². The Hall–Kier alpha value is -1.98. The maximum Gasteiger partial charge on any atom is 0.251 e. The Balaban J connectivity index is 3.26. The topological polar surface area (TPSA) is 20.3 Å². The summed E-state index contributed by atoms with van der Waals surface area (Å²) in [5.74, 6) is 2.23. The summed E-state index contributed by atoms with van der Waals surface area (Å²) in [4.78, 5) is 13.3. The molecule has 0 heterocycles. The first-order valence-corrected chi connectivity index (χ1v) is 5.78. The lowest BCUT2D eigenvalue weighted by molar-refractivity contribution is -0.114. The number of anilines is 1. The van der Waals surface area contributed by atoms with E-state index in [0.717, 1.165) is 11.3 Å². The van der Waals surface area contributed by atoms with Crippen LogP contribution in [0.1, 0.15) is 5.56 Å². The van der Waals surface area contributed by atoms with E-state index in [-0.39, 0.29) is 12.5 Å². The van der Waals surface area contributed by atoms with Crippen molar-refractivity contribution in [3.63, 3.8) is 0 Å². The third kappa shape index (κ3) is 3.26. The molecule has 0 atom stereocenters. The number of benzene rings is 1. The highest BCUT2D eigenvalue weighted by atomic mass is 35.5. The summed E-state index contributed by atoms with van der Waals surface area (Å²) < 4.78 is 0. The molecular formula is C15H14ClNO. The van der Waals surface area contributed by atoms with E-state index in [2.05, 4.69) is 19.1 Å². The quantitative estimate of drug-likeness (QED) is 0.452. The highest BCUT2D eigenvalue weighted by Crippen LogP contribution is 2.25. The first-order valence-electron chi connectivity index (χ1n) is 5.40. The minimum atomic E-state index is -0.236. The molecule has 0 aliphatic carbocycles. The molecule has 0 saturated heterocycles. The summed E-state index contributed by atoms with van der Waals surface area (Å²) in [6, 6.07) is 5.31. The number of nitrogens with zero attached hydrogens (tertiary/aromatic N) is 1. The van der Waals surface area contributed by atoms with Gasteiger partial charge in [-0.25, -0.2) is 0 Å². The number of terminal acetylenes is 1. The number of hydrogen-bond acceptors (Lipinski definition) is 1. The second kappa shape index (κ2) is 6.68. The average Bonchev–Trinajstić information content (AvgIpc) is 2.36. The average molecular weight is 260 g/mol. The zero-order valence-electron chi connectivity index (χ0n) is 10.0. The summed E-state index contributed by atoms with van der Waals surface area (Å²) in [6.07, 6.45) is 8.89. The van der Waals surface area contributed by atoms with Gasteiger partial charge >= 0.3 is 0 Å². The van der Waals surface area contributed by atoms with Gasteiger partial charge in [0.15, 0.2) is 0 Å². The zero-order chi connectivity index (χ0) is 13.5. The molecule has 3 heteroatoms. The number of carbonyl (C=O) groups excluding carboxylic acids is 1. The molecule has 1 rings (SSSR count). The number of amides is 1. The van der Waals surface area contributed by atoms with E-state index in [9.17, 15) is 4.79 Å². The Morgan fingerprint density at radius 3 is 2.78 bits per heavy atom. The van der Waals surface area contributed by atoms with E-state index in [0.29, 0.717) is 11.4 Å². The minimum absolute atomic E-state index is 0.191. The predicted molar refractivity (Wildman–Crippen MR) is 76.7 cm³/mol. The molecule has 0 saturated carbocycles. The zero-order valence-corrected chi connectivity index (χ0v) is 10.8. The van der Waals surface area contributed by atoms with Crippen molar-refractivity contribution < 1.29 is 4.79 Å². The van der Waals surface area contributed by atoms with Crippen LogP contribution in [-0.4, -0.2) is 12.5 Å². The Morgan fingerprint density at radius 2 is 2.22 bits per heavy atom. The van der Waals surface area contributed by atoms with Crippen molar-refractivity contribution in [2.45, 2.75) is 6.42 Å². The SMILES string of the molecule is C#CCN(C(=O)C=C)c1ccc(Cl)cc1CC=C. The van der Waals surface area contributed by atoms with Gasteiger partial charge < -0.3 is 0 Å². The lowest BCUT2D eigenvalue weighted by atomic mass is 10.1. The Labute approximate surface area is 113 Å². The molecule has 0 aromatic heterocycles. The molecule has 0 bridgehead atoms. The Kier molecular flexibility index (Phi) is 5.23. The third-order valence-corrected chi connectivity index (χ3v) is 2.62. The van der Waals surface area contributed by atoms with Gasteiger partial charge in [0.1, 0.15) is 0 Å². The van der Waals surface area contributed by atoms with Crippen molar-refractivity contribution in [3.8, 4) is 12.3 Å². The molecule has 1 amide bonds. The van der Waals surface area contributed by atoms with Crippen molar-refractivity contribution in [3.05, 3.63) is 54.1 Å². The molecule has 0 fully saturated rings. The van der Waals surface area contributed by atoms with E-state index < -0.39 is 0 Å². The van der Waals surface area contributed by atoms with Gasteiger partial charge in [-0.2, -0.15) is 0 Å². The number of allylic oxidation sites excluding steroid dienone is 1. The van der Waals surface area contributed by atoms with Gasteiger partial charge in [0, 0.05) is 10.7 Å². The van der Waals surface area contributed by atoms with Gasteiger partial charge in [-0.15, -0.1) is 13.0 Å². The summed E-state index contributed by atoms with van der Waals surface area (Å²) in [7, 11) is 0. The largest absolute Gasteiger partial charge is 0.297 e. The van der Waals surface area contributed by atoms with Crippen LogP contribution in [0, 0.1) is 12.3 Å². The first-order chi connectivity index (χ1) is 8.63. The Bertz CT molecular complexity index is 514. The lowest BCUT2D eigenvalue weighted by Gasteiger charge is -2.21. The second-order valence-electron chi connectivity index (χ2n) is 3.60. The maximum atomic E-state index is 11.8. The van der Waals surface area contributed by atoms with Crippen LogP contribution in [0.25, 0.3) is 0 Å². The number of hydrogen-bond donors (Lipinski definition) is 0. The van der Waals surface area contributed by atoms with Crippen LogP contribution in [0.15, 0.2) is 43.5 Å².